The van der Waals surface area contributed by atoms with Gasteiger partial charge in [-0.15, -0.1) is 0 Å². The van der Waals surface area contributed by atoms with Crippen molar-refractivity contribution in [3.63, 3.8) is 0 Å². The van der Waals surface area contributed by atoms with Crippen LogP contribution in [-0.4, -0.2) is 17.2 Å². The number of hydrogen-bond donors (Lipinski definition) is 1. The molecule has 0 aromatic heterocycles. The predicted octanol–water partition coefficient (Wildman–Crippen LogP) is 3.30. The van der Waals surface area contributed by atoms with Gasteiger partial charge < -0.3 is 9.84 Å². The monoisotopic (exact) mass is 248 g/mol. The Labute approximate surface area is 108 Å². The Balaban J connectivity index is 2.14. The van der Waals surface area contributed by atoms with E-state index < -0.39 is 5.97 Å². The first-order valence-electron chi connectivity index (χ1n) is 6.33. The van der Waals surface area contributed by atoms with Crippen LogP contribution >= 0.6 is 0 Å². The molecule has 98 valence electrons. The van der Waals surface area contributed by atoms with Crippen LogP contribution in [0.25, 0.3) is 0 Å². The van der Waals surface area contributed by atoms with Gasteiger partial charge in [-0.3, -0.25) is 4.79 Å². The molecule has 1 fully saturated rings. The minimum absolute atomic E-state index is 0.114. The highest BCUT2D eigenvalue weighted by Crippen LogP contribution is 2.64. The van der Waals surface area contributed by atoms with E-state index in [4.69, 9.17) is 9.84 Å². The summed E-state index contributed by atoms with van der Waals surface area (Å²) in [5.41, 5.74) is 0.940. The van der Waals surface area contributed by atoms with E-state index in [1.807, 2.05) is 52.0 Å². The summed E-state index contributed by atoms with van der Waals surface area (Å²) in [5.74, 6) is -0.0240. The Morgan fingerprint density at radius 1 is 1.28 bits per heavy atom. The second kappa shape index (κ2) is 4.30. The van der Waals surface area contributed by atoms with Crippen molar-refractivity contribution in [3.05, 3.63) is 29.8 Å². The molecule has 3 nitrogen and oxygen atoms in total. The van der Waals surface area contributed by atoms with Gasteiger partial charge in [0.2, 0.25) is 0 Å². The van der Waals surface area contributed by atoms with Gasteiger partial charge >= 0.3 is 5.97 Å². The second-order valence-corrected chi connectivity index (χ2v) is 5.85. The van der Waals surface area contributed by atoms with Gasteiger partial charge in [-0.25, -0.2) is 0 Å². The normalized spacial score (nSPS) is 24.9. The molecule has 1 aliphatic rings. The first kappa shape index (κ1) is 12.9. The number of ether oxygens (including phenoxy) is 1. The van der Waals surface area contributed by atoms with Crippen molar-refractivity contribution >= 4 is 5.97 Å². The average molecular weight is 248 g/mol. The molecule has 2 unspecified atom stereocenters. The molecule has 1 aromatic rings. The molecular formula is C15H20O3. The molecule has 0 aliphatic heterocycles. The third-order valence-electron chi connectivity index (χ3n) is 3.70. The average Bonchev–Trinajstić information content (AvgIpc) is 2.82. The van der Waals surface area contributed by atoms with Crippen molar-refractivity contribution in [1.29, 1.82) is 0 Å². The maximum absolute atomic E-state index is 11.1. The maximum Gasteiger partial charge on any atom is 0.307 e. The molecule has 18 heavy (non-hydrogen) atoms. The second-order valence-electron chi connectivity index (χ2n) is 5.85. The Hall–Kier alpha value is -1.51. The largest absolute Gasteiger partial charge is 0.491 e. The molecule has 3 heteroatoms. The summed E-state index contributed by atoms with van der Waals surface area (Å²) in [6, 6.07) is 7.80. The van der Waals surface area contributed by atoms with Crippen molar-refractivity contribution < 1.29 is 14.6 Å². The smallest absolute Gasteiger partial charge is 0.307 e. The highest BCUT2D eigenvalue weighted by atomic mass is 16.5. The summed E-state index contributed by atoms with van der Waals surface area (Å²) in [7, 11) is 0. The molecular weight excluding hydrogens is 228 g/mol. The zero-order chi connectivity index (χ0) is 13.5. The van der Waals surface area contributed by atoms with Crippen molar-refractivity contribution in [1.82, 2.24) is 0 Å². The van der Waals surface area contributed by atoms with Crippen molar-refractivity contribution in [3.8, 4) is 5.75 Å². The molecule has 0 amide bonds. The Kier molecular flexibility index (Phi) is 3.09. The van der Waals surface area contributed by atoms with Crippen LogP contribution < -0.4 is 4.74 Å². The Bertz CT molecular complexity index is 445. The maximum atomic E-state index is 11.1. The molecule has 1 saturated carbocycles. The first-order valence-corrected chi connectivity index (χ1v) is 6.33. The van der Waals surface area contributed by atoms with Crippen molar-refractivity contribution in [2.45, 2.75) is 39.7 Å². The fourth-order valence-electron chi connectivity index (χ4n) is 2.75. The van der Waals surface area contributed by atoms with Crippen LogP contribution in [0.1, 0.15) is 39.2 Å². The van der Waals surface area contributed by atoms with Crippen LogP contribution in [0.5, 0.6) is 5.75 Å². The standard InChI is InChI=1S/C15H20O3/c1-9(2)18-11-7-5-10(6-8-11)12-13(14(16)17)15(12,3)4/h5-9,12-13H,1-4H3,(H,16,17). The molecule has 0 heterocycles. The Morgan fingerprint density at radius 3 is 2.22 bits per heavy atom. The summed E-state index contributed by atoms with van der Waals surface area (Å²) in [6.45, 7) is 7.99. The SMILES string of the molecule is CC(C)Oc1ccc(C2C(C(=O)O)C2(C)C)cc1. The van der Waals surface area contributed by atoms with Gasteiger partial charge in [0.25, 0.3) is 0 Å². The summed E-state index contributed by atoms with van der Waals surface area (Å²) >= 11 is 0. The van der Waals surface area contributed by atoms with E-state index in [9.17, 15) is 4.79 Å². The zero-order valence-corrected chi connectivity index (χ0v) is 11.3. The number of carbonyl (C=O) groups is 1. The number of carboxylic acid groups (broad SMARTS) is 1. The lowest BCUT2D eigenvalue weighted by atomic mass is 10.0. The van der Waals surface area contributed by atoms with Crippen molar-refractivity contribution in [2.24, 2.45) is 11.3 Å². The number of benzene rings is 1. The van der Waals surface area contributed by atoms with Gasteiger partial charge in [-0.2, -0.15) is 0 Å². The van der Waals surface area contributed by atoms with E-state index in [-0.39, 0.29) is 23.4 Å². The third kappa shape index (κ3) is 2.22. The lowest BCUT2D eigenvalue weighted by Crippen LogP contribution is -2.05. The zero-order valence-electron chi connectivity index (χ0n) is 11.3. The lowest BCUT2D eigenvalue weighted by Gasteiger charge is -2.10. The quantitative estimate of drug-likeness (QED) is 0.889. The summed E-state index contributed by atoms with van der Waals surface area (Å²) < 4.78 is 5.58. The predicted molar refractivity (Wildman–Crippen MR) is 69.9 cm³/mol. The minimum Gasteiger partial charge on any atom is -0.491 e. The van der Waals surface area contributed by atoms with E-state index in [1.54, 1.807) is 0 Å². The highest BCUT2D eigenvalue weighted by Gasteiger charge is 2.62. The fraction of sp³-hybridized carbons (Fsp3) is 0.533. The van der Waals surface area contributed by atoms with Crippen LogP contribution in [0.15, 0.2) is 24.3 Å². The van der Waals surface area contributed by atoms with E-state index in [2.05, 4.69) is 0 Å². The molecule has 1 N–H and O–H groups in total. The summed E-state index contributed by atoms with van der Waals surface area (Å²) in [5, 5.41) is 9.17. The molecule has 0 spiro atoms. The molecule has 0 radical (unpaired) electrons. The van der Waals surface area contributed by atoms with Gasteiger partial charge in [0.05, 0.1) is 12.0 Å². The summed E-state index contributed by atoms with van der Waals surface area (Å²) in [6.07, 6.45) is 0.153. The van der Waals surface area contributed by atoms with Gasteiger partial charge in [0.15, 0.2) is 0 Å². The van der Waals surface area contributed by atoms with Crippen LogP contribution in [-0.2, 0) is 4.79 Å². The first-order chi connectivity index (χ1) is 8.34. The number of hydrogen-bond acceptors (Lipinski definition) is 2. The van der Waals surface area contributed by atoms with Gasteiger partial charge in [-0.05, 0) is 37.0 Å². The molecule has 1 aromatic carbocycles. The lowest BCUT2D eigenvalue weighted by molar-refractivity contribution is -0.139. The van der Waals surface area contributed by atoms with Gasteiger partial charge in [-0.1, -0.05) is 26.0 Å². The van der Waals surface area contributed by atoms with Gasteiger partial charge in [0, 0.05) is 5.92 Å². The fourth-order valence-corrected chi connectivity index (χ4v) is 2.75. The molecule has 0 bridgehead atoms. The Morgan fingerprint density at radius 2 is 1.83 bits per heavy atom. The van der Waals surface area contributed by atoms with E-state index >= 15 is 0 Å². The summed E-state index contributed by atoms with van der Waals surface area (Å²) in [4.78, 5) is 11.1. The number of carboxylic acids is 1. The molecule has 2 atom stereocenters. The van der Waals surface area contributed by atoms with Crippen LogP contribution in [0.2, 0.25) is 0 Å². The minimum atomic E-state index is -0.701. The molecule has 1 aliphatic carbocycles. The van der Waals surface area contributed by atoms with E-state index in [0.29, 0.717) is 0 Å². The number of rotatable bonds is 4. The molecule has 0 saturated heterocycles. The van der Waals surface area contributed by atoms with E-state index in [1.165, 1.54) is 0 Å². The van der Waals surface area contributed by atoms with Crippen LogP contribution in [0.3, 0.4) is 0 Å². The molecule has 2 rings (SSSR count). The van der Waals surface area contributed by atoms with Gasteiger partial charge in [0.1, 0.15) is 5.75 Å². The topological polar surface area (TPSA) is 46.5 Å². The van der Waals surface area contributed by atoms with E-state index in [0.717, 1.165) is 11.3 Å². The van der Waals surface area contributed by atoms with Crippen LogP contribution in [0.4, 0.5) is 0 Å². The third-order valence-corrected chi connectivity index (χ3v) is 3.70. The van der Waals surface area contributed by atoms with Crippen LogP contribution in [0, 0.1) is 11.3 Å². The number of aliphatic carboxylic acids is 1. The highest BCUT2D eigenvalue weighted by molar-refractivity contribution is 5.77. The van der Waals surface area contributed by atoms with Crippen molar-refractivity contribution in [2.75, 3.05) is 0 Å².